The van der Waals surface area contributed by atoms with E-state index in [1.807, 2.05) is 55.4 Å². The number of nitrogens with one attached hydrogen (secondary N) is 1. The van der Waals surface area contributed by atoms with Crippen LogP contribution in [0.4, 0.5) is 0 Å². The van der Waals surface area contributed by atoms with Gasteiger partial charge in [0.15, 0.2) is 0 Å². The molecule has 2 N–H and O–H groups in total. The van der Waals surface area contributed by atoms with Crippen molar-refractivity contribution in [3.8, 4) is 5.75 Å². The number of likely N-dealkylation sites (N-methyl/N-ethyl adjacent to an activating group) is 1. The zero-order valence-electron chi connectivity index (χ0n) is 12.0. The van der Waals surface area contributed by atoms with E-state index in [1.54, 1.807) is 7.11 Å². The van der Waals surface area contributed by atoms with Gasteiger partial charge in [-0.3, -0.25) is 0 Å². The van der Waals surface area contributed by atoms with Gasteiger partial charge in [0.2, 0.25) is 0 Å². The minimum absolute atomic E-state index is 0.338. The number of para-hydroxylation sites is 1. The van der Waals surface area contributed by atoms with Crippen molar-refractivity contribution < 1.29 is 9.84 Å². The Morgan fingerprint density at radius 2 is 2.11 bits per heavy atom. The molecule has 0 aliphatic heterocycles. The van der Waals surface area contributed by atoms with Crippen molar-refractivity contribution in [1.29, 1.82) is 0 Å². The van der Waals surface area contributed by atoms with Crippen LogP contribution in [0.3, 0.4) is 0 Å². The molecule has 0 heterocycles. The average Bonchev–Trinajstić information content (AvgIpc) is 2.38. The highest BCUT2D eigenvalue weighted by Crippen LogP contribution is 2.18. The van der Waals surface area contributed by atoms with Crippen molar-refractivity contribution >= 4 is 6.08 Å². The molecule has 1 rings (SSSR count). The minimum atomic E-state index is -0.338. The number of benzene rings is 1. The molecule has 19 heavy (non-hydrogen) atoms. The van der Waals surface area contributed by atoms with Gasteiger partial charge in [0.1, 0.15) is 5.75 Å². The standard InChI is InChI=1S/C15H24N2O2/c1-17(2)12-14(18)11-16-10-6-8-13-7-4-5-9-15(13)19-3/h4-9,14,16,18H,10-12H2,1-3H3. The highest BCUT2D eigenvalue weighted by Gasteiger charge is 2.03. The number of methoxy groups -OCH3 is 1. The van der Waals surface area contributed by atoms with E-state index < -0.39 is 0 Å². The Morgan fingerprint density at radius 1 is 1.37 bits per heavy atom. The lowest BCUT2D eigenvalue weighted by atomic mass is 10.2. The van der Waals surface area contributed by atoms with Gasteiger partial charge in [-0.15, -0.1) is 0 Å². The fourth-order valence-electron chi connectivity index (χ4n) is 1.81. The Bertz CT molecular complexity index is 391. The van der Waals surface area contributed by atoms with Crippen molar-refractivity contribution in [3.63, 3.8) is 0 Å². The number of nitrogens with zero attached hydrogens (tertiary/aromatic N) is 1. The molecule has 0 aliphatic carbocycles. The van der Waals surface area contributed by atoms with Gasteiger partial charge >= 0.3 is 0 Å². The van der Waals surface area contributed by atoms with E-state index in [2.05, 4.69) is 5.32 Å². The average molecular weight is 264 g/mol. The molecule has 0 saturated carbocycles. The van der Waals surface area contributed by atoms with Crippen molar-refractivity contribution in [2.45, 2.75) is 6.10 Å². The van der Waals surface area contributed by atoms with E-state index in [4.69, 9.17) is 4.74 Å². The molecular formula is C15H24N2O2. The van der Waals surface area contributed by atoms with E-state index in [1.165, 1.54) is 0 Å². The van der Waals surface area contributed by atoms with Crippen molar-refractivity contribution in [3.05, 3.63) is 35.9 Å². The molecule has 0 bridgehead atoms. The molecule has 0 fully saturated rings. The van der Waals surface area contributed by atoms with Crippen LogP contribution in [0, 0.1) is 0 Å². The summed E-state index contributed by atoms with van der Waals surface area (Å²) >= 11 is 0. The topological polar surface area (TPSA) is 44.7 Å². The highest BCUT2D eigenvalue weighted by atomic mass is 16.5. The van der Waals surface area contributed by atoms with Crippen LogP contribution in [-0.2, 0) is 0 Å². The van der Waals surface area contributed by atoms with Crippen molar-refractivity contribution in [2.24, 2.45) is 0 Å². The molecule has 106 valence electrons. The van der Waals surface area contributed by atoms with E-state index in [0.29, 0.717) is 13.1 Å². The van der Waals surface area contributed by atoms with Crippen LogP contribution in [0.2, 0.25) is 0 Å². The third kappa shape index (κ3) is 6.38. The fourth-order valence-corrected chi connectivity index (χ4v) is 1.81. The van der Waals surface area contributed by atoms with Crippen molar-refractivity contribution in [2.75, 3.05) is 40.8 Å². The van der Waals surface area contributed by atoms with Gasteiger partial charge in [-0.2, -0.15) is 0 Å². The molecule has 1 aromatic carbocycles. The number of hydrogen-bond acceptors (Lipinski definition) is 4. The molecule has 0 aliphatic rings. The molecule has 0 radical (unpaired) electrons. The first-order valence-corrected chi connectivity index (χ1v) is 6.46. The normalized spacial score (nSPS) is 13.1. The maximum absolute atomic E-state index is 9.67. The third-order valence-corrected chi connectivity index (χ3v) is 2.65. The third-order valence-electron chi connectivity index (χ3n) is 2.65. The quantitative estimate of drug-likeness (QED) is 0.693. The second kappa shape index (κ2) is 8.69. The Labute approximate surface area is 115 Å². The van der Waals surface area contributed by atoms with Gasteiger partial charge < -0.3 is 20.1 Å². The second-order valence-corrected chi connectivity index (χ2v) is 4.72. The van der Waals surface area contributed by atoms with E-state index in [-0.39, 0.29) is 6.10 Å². The second-order valence-electron chi connectivity index (χ2n) is 4.72. The van der Waals surface area contributed by atoms with Crippen LogP contribution >= 0.6 is 0 Å². The summed E-state index contributed by atoms with van der Waals surface area (Å²) < 4.78 is 5.27. The van der Waals surface area contributed by atoms with Crippen LogP contribution in [-0.4, -0.2) is 56.9 Å². The summed E-state index contributed by atoms with van der Waals surface area (Å²) in [6.45, 7) is 1.99. The zero-order valence-corrected chi connectivity index (χ0v) is 12.0. The number of aliphatic hydroxyl groups is 1. The van der Waals surface area contributed by atoms with Gasteiger partial charge in [0.05, 0.1) is 13.2 Å². The van der Waals surface area contributed by atoms with Crippen LogP contribution < -0.4 is 10.1 Å². The van der Waals surface area contributed by atoms with E-state index >= 15 is 0 Å². The first-order valence-electron chi connectivity index (χ1n) is 6.46. The zero-order chi connectivity index (χ0) is 14.1. The summed E-state index contributed by atoms with van der Waals surface area (Å²) in [4.78, 5) is 1.97. The molecule has 1 aromatic rings. The largest absolute Gasteiger partial charge is 0.496 e. The predicted octanol–water partition coefficient (Wildman–Crippen LogP) is 1.22. The molecule has 1 atom stereocenters. The van der Waals surface area contributed by atoms with Crippen LogP contribution in [0.25, 0.3) is 6.08 Å². The lowest BCUT2D eigenvalue weighted by Crippen LogP contribution is -2.35. The lowest BCUT2D eigenvalue weighted by Gasteiger charge is -2.15. The number of hydrogen-bond donors (Lipinski definition) is 2. The molecule has 0 amide bonds. The molecule has 0 aromatic heterocycles. The van der Waals surface area contributed by atoms with Crippen molar-refractivity contribution in [1.82, 2.24) is 10.2 Å². The maximum Gasteiger partial charge on any atom is 0.126 e. The van der Waals surface area contributed by atoms with E-state index in [9.17, 15) is 5.11 Å². The smallest absolute Gasteiger partial charge is 0.126 e. The summed E-state index contributed by atoms with van der Waals surface area (Å²) in [5.41, 5.74) is 1.06. The molecular weight excluding hydrogens is 240 g/mol. The number of ether oxygens (including phenoxy) is 1. The van der Waals surface area contributed by atoms with Gasteiger partial charge in [-0.1, -0.05) is 30.4 Å². The molecule has 0 saturated heterocycles. The molecule has 4 nitrogen and oxygen atoms in total. The summed E-state index contributed by atoms with van der Waals surface area (Å²) in [5.74, 6) is 0.867. The summed E-state index contributed by atoms with van der Waals surface area (Å²) in [6, 6.07) is 7.88. The number of aliphatic hydroxyl groups excluding tert-OH is 1. The minimum Gasteiger partial charge on any atom is -0.496 e. The maximum atomic E-state index is 9.67. The molecule has 4 heteroatoms. The van der Waals surface area contributed by atoms with Crippen LogP contribution in [0.5, 0.6) is 5.75 Å². The van der Waals surface area contributed by atoms with Gasteiger partial charge in [0.25, 0.3) is 0 Å². The first-order chi connectivity index (χ1) is 9.13. The summed E-state index contributed by atoms with van der Waals surface area (Å²) in [7, 11) is 5.57. The van der Waals surface area contributed by atoms with Gasteiger partial charge in [0, 0.05) is 25.2 Å². The summed E-state index contributed by atoms with van der Waals surface area (Å²) in [5, 5.41) is 12.9. The van der Waals surface area contributed by atoms with Gasteiger partial charge in [-0.05, 0) is 20.2 Å². The van der Waals surface area contributed by atoms with Crippen LogP contribution in [0.15, 0.2) is 30.3 Å². The highest BCUT2D eigenvalue weighted by molar-refractivity contribution is 5.57. The Hall–Kier alpha value is -1.36. The first kappa shape index (κ1) is 15.7. The monoisotopic (exact) mass is 264 g/mol. The van der Waals surface area contributed by atoms with Crippen LogP contribution in [0.1, 0.15) is 5.56 Å². The predicted molar refractivity (Wildman–Crippen MR) is 79.5 cm³/mol. The SMILES string of the molecule is COc1ccccc1C=CCNCC(O)CN(C)C. The van der Waals surface area contributed by atoms with Gasteiger partial charge in [-0.25, -0.2) is 0 Å². The Balaban J connectivity index is 2.30. The fraction of sp³-hybridized carbons (Fsp3) is 0.467. The number of rotatable bonds is 8. The molecule has 0 spiro atoms. The Morgan fingerprint density at radius 3 is 2.79 bits per heavy atom. The Kier molecular flexibility index (Phi) is 7.18. The molecule has 1 unspecified atom stereocenters. The summed E-state index contributed by atoms with van der Waals surface area (Å²) in [6.07, 6.45) is 3.71. The van der Waals surface area contributed by atoms with E-state index in [0.717, 1.165) is 17.9 Å². The lowest BCUT2D eigenvalue weighted by molar-refractivity contribution is 0.136.